The summed E-state index contributed by atoms with van der Waals surface area (Å²) in [5, 5.41) is 2.77. The number of hydrogen-bond acceptors (Lipinski definition) is 4. The number of carbonyl (C=O) groups excluding carboxylic acids is 3. The van der Waals surface area contributed by atoms with Gasteiger partial charge in [0.1, 0.15) is 17.9 Å². The summed E-state index contributed by atoms with van der Waals surface area (Å²) in [6.07, 6.45) is 0. The molecule has 2 aromatic carbocycles. The molecular weight excluding hydrogens is 344 g/mol. The van der Waals surface area contributed by atoms with E-state index in [0.717, 1.165) is 16.0 Å². The summed E-state index contributed by atoms with van der Waals surface area (Å²) >= 11 is 0. The van der Waals surface area contributed by atoms with Crippen LogP contribution in [0.25, 0.3) is 0 Å². The molecule has 0 radical (unpaired) electrons. The van der Waals surface area contributed by atoms with Crippen molar-refractivity contribution in [1.29, 1.82) is 0 Å². The summed E-state index contributed by atoms with van der Waals surface area (Å²) in [6.45, 7) is 5.33. The summed E-state index contributed by atoms with van der Waals surface area (Å²) in [7, 11) is 0. The van der Waals surface area contributed by atoms with Crippen LogP contribution in [-0.2, 0) is 10.3 Å². The van der Waals surface area contributed by atoms with Crippen molar-refractivity contribution in [2.75, 3.05) is 13.2 Å². The number of hydrogen-bond donors (Lipinski definition) is 1. The van der Waals surface area contributed by atoms with Crippen LogP contribution in [0.15, 0.2) is 48.5 Å². The molecule has 140 valence electrons. The second-order valence-corrected chi connectivity index (χ2v) is 6.78. The van der Waals surface area contributed by atoms with Gasteiger partial charge in [-0.3, -0.25) is 14.5 Å². The lowest BCUT2D eigenvalue weighted by atomic mass is 9.91. The van der Waals surface area contributed by atoms with Crippen LogP contribution >= 0.6 is 0 Å². The number of nitrogens with zero attached hydrogens (tertiary/aromatic N) is 1. The fourth-order valence-electron chi connectivity index (χ4n) is 3.11. The van der Waals surface area contributed by atoms with Crippen LogP contribution < -0.4 is 10.1 Å². The Morgan fingerprint density at radius 2 is 1.78 bits per heavy atom. The quantitative estimate of drug-likeness (QED) is 0.630. The third-order valence-corrected chi connectivity index (χ3v) is 4.74. The summed E-state index contributed by atoms with van der Waals surface area (Å²) < 4.78 is 5.65. The largest absolute Gasteiger partial charge is 0.491 e. The molecule has 1 atom stereocenters. The van der Waals surface area contributed by atoms with Gasteiger partial charge in [0, 0.05) is 0 Å². The highest BCUT2D eigenvalue weighted by molar-refractivity contribution is 6.07. The SMILES string of the molecule is CC(=O)c1ccccc1OCCN1C(=O)NC(C)(c2ccc(C)cc2)C1=O. The first kappa shape index (κ1) is 18.6. The molecule has 3 rings (SSSR count). The zero-order valence-corrected chi connectivity index (χ0v) is 15.6. The van der Waals surface area contributed by atoms with Gasteiger partial charge in [-0.1, -0.05) is 42.0 Å². The number of nitrogens with one attached hydrogen (secondary N) is 1. The molecule has 0 aromatic heterocycles. The highest BCUT2D eigenvalue weighted by atomic mass is 16.5. The molecule has 1 aliphatic heterocycles. The lowest BCUT2D eigenvalue weighted by molar-refractivity contribution is -0.131. The number of Topliss-reactive ketones (excluding diaryl/α,β-unsaturated/α-hetero) is 1. The summed E-state index contributed by atoms with van der Waals surface area (Å²) in [4.78, 5) is 38.0. The van der Waals surface area contributed by atoms with Crippen molar-refractivity contribution in [2.45, 2.75) is 26.3 Å². The Labute approximate surface area is 158 Å². The topological polar surface area (TPSA) is 75.7 Å². The molecule has 2 aromatic rings. The van der Waals surface area contributed by atoms with Crippen LogP contribution in [0.4, 0.5) is 4.79 Å². The molecule has 0 saturated carbocycles. The molecule has 1 unspecified atom stereocenters. The number of para-hydroxylation sites is 1. The van der Waals surface area contributed by atoms with Crippen LogP contribution in [0, 0.1) is 6.92 Å². The first-order valence-corrected chi connectivity index (χ1v) is 8.77. The van der Waals surface area contributed by atoms with E-state index in [-0.39, 0.29) is 24.8 Å². The Hall–Kier alpha value is -3.15. The molecule has 0 bridgehead atoms. The first-order chi connectivity index (χ1) is 12.8. The Balaban J connectivity index is 1.70. The van der Waals surface area contributed by atoms with Gasteiger partial charge < -0.3 is 10.1 Å². The Bertz CT molecular complexity index is 891. The number of aryl methyl sites for hydroxylation is 1. The highest BCUT2D eigenvalue weighted by Crippen LogP contribution is 2.29. The Morgan fingerprint density at radius 1 is 1.11 bits per heavy atom. The first-order valence-electron chi connectivity index (χ1n) is 8.77. The molecule has 6 nitrogen and oxygen atoms in total. The van der Waals surface area contributed by atoms with Crippen molar-refractivity contribution in [1.82, 2.24) is 10.2 Å². The molecule has 27 heavy (non-hydrogen) atoms. The van der Waals surface area contributed by atoms with Crippen molar-refractivity contribution in [3.05, 3.63) is 65.2 Å². The lowest BCUT2D eigenvalue weighted by Gasteiger charge is -2.22. The van der Waals surface area contributed by atoms with Gasteiger partial charge >= 0.3 is 6.03 Å². The van der Waals surface area contributed by atoms with E-state index in [1.54, 1.807) is 31.2 Å². The number of ketones is 1. The predicted molar refractivity (Wildman–Crippen MR) is 101 cm³/mol. The Kier molecular flexibility index (Phi) is 4.99. The fourth-order valence-corrected chi connectivity index (χ4v) is 3.11. The van der Waals surface area contributed by atoms with Crippen molar-refractivity contribution < 1.29 is 19.1 Å². The van der Waals surface area contributed by atoms with Gasteiger partial charge in [0.2, 0.25) is 0 Å². The number of carbonyl (C=O) groups is 3. The number of amides is 3. The maximum absolute atomic E-state index is 12.9. The zero-order chi connectivity index (χ0) is 19.6. The van der Waals surface area contributed by atoms with Crippen LogP contribution in [0.1, 0.15) is 35.3 Å². The molecule has 1 fully saturated rings. The second-order valence-electron chi connectivity index (χ2n) is 6.78. The number of rotatable bonds is 6. The van der Waals surface area contributed by atoms with E-state index < -0.39 is 11.6 Å². The van der Waals surface area contributed by atoms with E-state index in [1.807, 2.05) is 31.2 Å². The van der Waals surface area contributed by atoms with E-state index >= 15 is 0 Å². The van der Waals surface area contributed by atoms with Gasteiger partial charge in [-0.25, -0.2) is 4.79 Å². The molecule has 0 spiro atoms. The predicted octanol–water partition coefficient (Wildman–Crippen LogP) is 3.04. The second kappa shape index (κ2) is 7.23. The number of imide groups is 1. The summed E-state index contributed by atoms with van der Waals surface area (Å²) in [5.41, 5.74) is 1.19. The maximum atomic E-state index is 12.9. The van der Waals surface area contributed by atoms with Crippen LogP contribution in [-0.4, -0.2) is 35.8 Å². The van der Waals surface area contributed by atoms with Crippen LogP contribution in [0.3, 0.4) is 0 Å². The van der Waals surface area contributed by atoms with Crippen molar-refractivity contribution in [2.24, 2.45) is 0 Å². The van der Waals surface area contributed by atoms with E-state index in [1.165, 1.54) is 6.92 Å². The van der Waals surface area contributed by atoms with Gasteiger partial charge in [0.15, 0.2) is 5.78 Å². The van der Waals surface area contributed by atoms with E-state index in [0.29, 0.717) is 11.3 Å². The molecule has 1 aliphatic rings. The van der Waals surface area contributed by atoms with Gasteiger partial charge in [-0.2, -0.15) is 0 Å². The fraction of sp³-hybridized carbons (Fsp3) is 0.286. The third kappa shape index (κ3) is 3.56. The minimum atomic E-state index is -1.10. The molecule has 1 heterocycles. The minimum Gasteiger partial charge on any atom is -0.491 e. The minimum absolute atomic E-state index is 0.0956. The zero-order valence-electron chi connectivity index (χ0n) is 15.6. The maximum Gasteiger partial charge on any atom is 0.325 e. The number of urea groups is 1. The monoisotopic (exact) mass is 366 g/mol. The highest BCUT2D eigenvalue weighted by Gasteiger charge is 2.48. The molecule has 6 heteroatoms. The molecule has 3 amide bonds. The standard InChI is InChI=1S/C21H22N2O4/c1-14-8-10-16(11-9-14)21(3)19(25)23(20(26)22-21)12-13-27-18-7-5-4-6-17(18)15(2)24/h4-11H,12-13H2,1-3H3,(H,22,26). The van der Waals surface area contributed by atoms with E-state index in [4.69, 9.17) is 4.74 Å². The van der Waals surface area contributed by atoms with Crippen molar-refractivity contribution in [3.63, 3.8) is 0 Å². The van der Waals surface area contributed by atoms with Crippen molar-refractivity contribution >= 4 is 17.7 Å². The smallest absolute Gasteiger partial charge is 0.325 e. The van der Waals surface area contributed by atoms with Gasteiger partial charge in [0.25, 0.3) is 5.91 Å². The number of benzene rings is 2. The van der Waals surface area contributed by atoms with E-state index in [2.05, 4.69) is 5.32 Å². The van der Waals surface area contributed by atoms with Crippen LogP contribution in [0.5, 0.6) is 5.75 Å². The van der Waals surface area contributed by atoms with Gasteiger partial charge in [-0.05, 0) is 38.5 Å². The average Bonchev–Trinajstić information content (AvgIpc) is 2.86. The molecular formula is C21H22N2O4. The number of ether oxygens (including phenoxy) is 1. The molecule has 1 N–H and O–H groups in total. The average molecular weight is 366 g/mol. The lowest BCUT2D eigenvalue weighted by Crippen LogP contribution is -2.41. The Morgan fingerprint density at radius 3 is 2.44 bits per heavy atom. The normalized spacial score (nSPS) is 19.1. The summed E-state index contributed by atoms with van der Waals surface area (Å²) in [6, 6.07) is 13.9. The molecule has 0 aliphatic carbocycles. The van der Waals surface area contributed by atoms with Crippen LogP contribution in [0.2, 0.25) is 0 Å². The van der Waals surface area contributed by atoms with Gasteiger partial charge in [0.05, 0.1) is 12.1 Å². The van der Waals surface area contributed by atoms with Gasteiger partial charge in [-0.15, -0.1) is 0 Å². The summed E-state index contributed by atoms with van der Waals surface area (Å²) in [5.74, 6) is 0.0192. The van der Waals surface area contributed by atoms with Crippen molar-refractivity contribution in [3.8, 4) is 5.75 Å². The van der Waals surface area contributed by atoms with E-state index in [9.17, 15) is 14.4 Å². The molecule has 1 saturated heterocycles. The third-order valence-electron chi connectivity index (χ3n) is 4.74.